The number of para-hydroxylation sites is 1. The van der Waals surface area contributed by atoms with Crippen molar-refractivity contribution in [3.63, 3.8) is 0 Å². The van der Waals surface area contributed by atoms with Gasteiger partial charge in [-0.3, -0.25) is 0 Å². The molecule has 11 rings (SSSR count). The summed E-state index contributed by atoms with van der Waals surface area (Å²) in [6.07, 6.45) is 0. The number of rotatable bonds is 5. The van der Waals surface area contributed by atoms with Gasteiger partial charge in [0.1, 0.15) is 16.8 Å². The summed E-state index contributed by atoms with van der Waals surface area (Å²) in [5, 5.41) is 6.87. The molecule has 244 valence electrons. The van der Waals surface area contributed by atoms with Gasteiger partial charge in [-0.15, -0.1) is 11.3 Å². The van der Waals surface area contributed by atoms with E-state index in [1.807, 2.05) is 53.8 Å². The van der Waals surface area contributed by atoms with E-state index in [2.05, 4.69) is 132 Å². The first-order valence-electron chi connectivity index (χ1n) is 17.4. The number of anilines is 3. The zero-order chi connectivity index (χ0) is 34.2. The van der Waals surface area contributed by atoms with Crippen LogP contribution in [-0.2, 0) is 0 Å². The van der Waals surface area contributed by atoms with Crippen LogP contribution in [0.3, 0.4) is 0 Å². The second-order valence-corrected chi connectivity index (χ2v) is 14.2. The van der Waals surface area contributed by atoms with Crippen LogP contribution in [0.15, 0.2) is 179 Å². The van der Waals surface area contributed by atoms with Gasteiger partial charge in [-0.2, -0.15) is 0 Å². The van der Waals surface area contributed by atoms with Gasteiger partial charge in [-0.05, 0) is 76.5 Å². The summed E-state index contributed by atoms with van der Waals surface area (Å²) < 4.78 is 15.9. The first-order valence-corrected chi connectivity index (χ1v) is 18.2. The molecule has 0 atom stereocenters. The van der Waals surface area contributed by atoms with E-state index in [-0.39, 0.29) is 0 Å². The molecule has 5 heteroatoms. The topological polar surface area (TPSA) is 42.4 Å². The summed E-state index contributed by atoms with van der Waals surface area (Å²) >= 11 is 1.81. The normalized spacial score (nSPS) is 11.8. The number of hydrogen-bond donors (Lipinski definition) is 0. The van der Waals surface area contributed by atoms with Gasteiger partial charge in [-0.25, -0.2) is 4.98 Å². The molecule has 4 nitrogen and oxygen atoms in total. The van der Waals surface area contributed by atoms with Gasteiger partial charge in [-0.1, -0.05) is 115 Å². The number of fused-ring (bicyclic) bond motifs is 8. The summed E-state index contributed by atoms with van der Waals surface area (Å²) in [6, 6.07) is 59.6. The molecule has 0 radical (unpaired) electrons. The molecule has 0 fully saturated rings. The summed E-state index contributed by atoms with van der Waals surface area (Å²) in [5.41, 5.74) is 9.17. The molecule has 8 aromatic carbocycles. The second-order valence-electron chi connectivity index (χ2n) is 13.1. The van der Waals surface area contributed by atoms with Crippen molar-refractivity contribution in [1.29, 1.82) is 0 Å². The van der Waals surface area contributed by atoms with Gasteiger partial charge in [0.15, 0.2) is 11.2 Å². The number of nitrogens with zero attached hydrogens (tertiary/aromatic N) is 2. The molecule has 3 heterocycles. The molecule has 0 amide bonds. The molecule has 0 bridgehead atoms. The largest absolute Gasteiger partial charge is 0.454 e. The Bertz CT molecular complexity index is 3130. The third kappa shape index (κ3) is 4.43. The lowest BCUT2D eigenvalue weighted by Crippen LogP contribution is -2.11. The van der Waals surface area contributed by atoms with E-state index in [0.29, 0.717) is 11.5 Å². The van der Waals surface area contributed by atoms with Crippen LogP contribution in [0.2, 0.25) is 0 Å². The number of thiophene rings is 1. The van der Waals surface area contributed by atoms with E-state index in [1.165, 1.54) is 36.5 Å². The molecule has 0 saturated carbocycles. The predicted octanol–water partition coefficient (Wildman–Crippen LogP) is 14.1. The van der Waals surface area contributed by atoms with Crippen molar-refractivity contribution < 1.29 is 8.83 Å². The highest BCUT2D eigenvalue weighted by Crippen LogP contribution is 2.50. The molecule has 0 unspecified atom stereocenters. The zero-order valence-corrected chi connectivity index (χ0v) is 28.6. The van der Waals surface area contributed by atoms with E-state index in [9.17, 15) is 0 Å². The maximum Gasteiger partial charge on any atom is 0.227 e. The molecule has 0 aliphatic rings. The summed E-state index contributed by atoms with van der Waals surface area (Å²) in [6.45, 7) is 0. The van der Waals surface area contributed by atoms with Crippen molar-refractivity contribution >= 4 is 92.4 Å². The second kappa shape index (κ2) is 11.4. The van der Waals surface area contributed by atoms with Crippen molar-refractivity contribution in [1.82, 2.24) is 4.98 Å². The van der Waals surface area contributed by atoms with Gasteiger partial charge >= 0.3 is 0 Å². The van der Waals surface area contributed by atoms with E-state index in [4.69, 9.17) is 13.8 Å². The van der Waals surface area contributed by atoms with Crippen molar-refractivity contribution in [2.75, 3.05) is 4.90 Å². The Morgan fingerprint density at radius 3 is 2.10 bits per heavy atom. The number of furan rings is 1. The minimum Gasteiger partial charge on any atom is -0.454 e. The van der Waals surface area contributed by atoms with Gasteiger partial charge in [0.05, 0.1) is 5.69 Å². The average Bonchev–Trinajstić information content (AvgIpc) is 3.92. The molecule has 3 aromatic heterocycles. The number of aromatic nitrogens is 1. The molecular formula is C47H28N2O2S. The molecule has 0 N–H and O–H groups in total. The van der Waals surface area contributed by atoms with E-state index >= 15 is 0 Å². The maximum atomic E-state index is 6.83. The predicted molar refractivity (Wildman–Crippen MR) is 217 cm³/mol. The molecule has 0 spiro atoms. The van der Waals surface area contributed by atoms with Crippen molar-refractivity contribution in [2.45, 2.75) is 0 Å². The Labute approximate surface area is 302 Å². The lowest BCUT2D eigenvalue weighted by atomic mass is 9.98. The van der Waals surface area contributed by atoms with E-state index in [1.54, 1.807) is 0 Å². The number of oxazole rings is 1. The maximum absolute atomic E-state index is 6.83. The minimum atomic E-state index is 0.569. The van der Waals surface area contributed by atoms with E-state index < -0.39 is 0 Å². The zero-order valence-electron chi connectivity index (χ0n) is 27.8. The highest BCUT2D eigenvalue weighted by molar-refractivity contribution is 7.26. The average molecular weight is 685 g/mol. The fourth-order valence-electron chi connectivity index (χ4n) is 7.73. The highest BCUT2D eigenvalue weighted by atomic mass is 32.1. The number of hydrogen-bond acceptors (Lipinski definition) is 5. The fraction of sp³-hybridized carbons (Fsp3) is 0. The Kier molecular flexibility index (Phi) is 6.39. The van der Waals surface area contributed by atoms with Crippen LogP contribution in [0.25, 0.3) is 86.6 Å². The lowest BCUT2D eigenvalue weighted by Gasteiger charge is -2.27. The summed E-state index contributed by atoms with van der Waals surface area (Å²) in [5.74, 6) is 0.569. The van der Waals surface area contributed by atoms with Crippen LogP contribution < -0.4 is 4.90 Å². The first-order chi connectivity index (χ1) is 25.8. The Morgan fingerprint density at radius 2 is 1.21 bits per heavy atom. The van der Waals surface area contributed by atoms with Gasteiger partial charge in [0.25, 0.3) is 0 Å². The van der Waals surface area contributed by atoms with Crippen LogP contribution in [-0.4, -0.2) is 4.98 Å². The molecule has 11 aromatic rings. The highest BCUT2D eigenvalue weighted by Gasteiger charge is 2.28. The van der Waals surface area contributed by atoms with Crippen molar-refractivity contribution in [2.24, 2.45) is 0 Å². The quantitative estimate of drug-likeness (QED) is 0.181. The standard InChI is InChI=1S/C47H28N2O2S/c1-2-13-31(14-3-1)47-48-44-40(51-47)28-37-35-17-6-8-21-39(35)50-46(37)45(44)49(38-20-11-23-42-43(38)36-18-7-9-22-41(36)52-42)32-26-24-30(25-27-32)34-19-10-15-29-12-4-5-16-33(29)34/h1-28H. The Morgan fingerprint density at radius 1 is 0.500 bits per heavy atom. The minimum absolute atomic E-state index is 0.569. The molecule has 0 aliphatic carbocycles. The summed E-state index contributed by atoms with van der Waals surface area (Å²) in [7, 11) is 0. The first kappa shape index (κ1) is 29.1. The van der Waals surface area contributed by atoms with Crippen LogP contribution in [0.1, 0.15) is 0 Å². The van der Waals surface area contributed by atoms with Gasteiger partial charge in [0.2, 0.25) is 5.89 Å². The fourth-order valence-corrected chi connectivity index (χ4v) is 8.86. The van der Waals surface area contributed by atoms with Crippen LogP contribution >= 0.6 is 11.3 Å². The third-order valence-corrected chi connectivity index (χ3v) is 11.2. The Hall–Kier alpha value is -6.69. The molecule has 52 heavy (non-hydrogen) atoms. The molecule has 0 saturated heterocycles. The third-order valence-electron chi connectivity index (χ3n) is 10.1. The monoisotopic (exact) mass is 684 g/mol. The molecular weight excluding hydrogens is 657 g/mol. The van der Waals surface area contributed by atoms with E-state index in [0.717, 1.165) is 55.6 Å². The van der Waals surface area contributed by atoms with Crippen LogP contribution in [0.5, 0.6) is 0 Å². The number of benzene rings is 8. The van der Waals surface area contributed by atoms with Crippen molar-refractivity contribution in [3.8, 4) is 22.6 Å². The van der Waals surface area contributed by atoms with Crippen LogP contribution in [0, 0.1) is 0 Å². The van der Waals surface area contributed by atoms with Gasteiger partial charge in [0, 0.05) is 42.2 Å². The molecule has 0 aliphatic heterocycles. The Balaban J connectivity index is 1.24. The SMILES string of the molecule is c1ccc(-c2nc3c(N(c4ccc(-c5cccc6ccccc56)cc4)c4cccc5sc6ccccc6c45)c4oc5ccccc5c4cc3o2)cc1. The van der Waals surface area contributed by atoms with Crippen molar-refractivity contribution in [3.05, 3.63) is 170 Å². The summed E-state index contributed by atoms with van der Waals surface area (Å²) in [4.78, 5) is 7.57. The van der Waals surface area contributed by atoms with Crippen LogP contribution in [0.4, 0.5) is 17.1 Å². The smallest absolute Gasteiger partial charge is 0.227 e. The lowest BCUT2D eigenvalue weighted by molar-refractivity contribution is 0.620. The van der Waals surface area contributed by atoms with Gasteiger partial charge < -0.3 is 13.7 Å².